The van der Waals surface area contributed by atoms with Gasteiger partial charge >= 0.3 is 0 Å². The largest absolute Gasteiger partial charge is 0.309 e. The summed E-state index contributed by atoms with van der Waals surface area (Å²) in [5.41, 5.74) is 16.9. The number of aromatic nitrogens is 5. The Bertz CT molecular complexity index is 3490. The normalized spacial score (nSPS) is 11.3. The maximum atomic E-state index is 5.44. The summed E-state index contributed by atoms with van der Waals surface area (Å²) in [4.78, 5) is 21.2. The molecule has 3 aromatic heterocycles. The summed E-state index contributed by atoms with van der Waals surface area (Å²) >= 11 is 0. The summed E-state index contributed by atoms with van der Waals surface area (Å²) < 4.78 is 2.40. The van der Waals surface area contributed by atoms with E-state index in [0.29, 0.717) is 11.6 Å². The quantitative estimate of drug-likeness (QED) is 0.145. The lowest BCUT2D eigenvalue weighted by atomic mass is 10.0. The van der Waals surface area contributed by atoms with Crippen molar-refractivity contribution in [2.24, 2.45) is 0 Å². The van der Waals surface area contributed by atoms with Crippen molar-refractivity contribution >= 4 is 21.8 Å². The molecule has 0 radical (unpaired) electrons. The predicted molar refractivity (Wildman–Crippen MR) is 275 cm³/mol. The average Bonchev–Trinajstić information content (AvgIpc) is 3.74. The van der Waals surface area contributed by atoms with Crippen LogP contribution in [0.1, 0.15) is 0 Å². The van der Waals surface area contributed by atoms with Gasteiger partial charge in [0.25, 0.3) is 0 Å². The lowest BCUT2D eigenvalue weighted by Gasteiger charge is -2.17. The van der Waals surface area contributed by atoms with Crippen molar-refractivity contribution in [1.29, 1.82) is 0 Å². The Morgan fingerprint density at radius 1 is 0.239 bits per heavy atom. The summed E-state index contributed by atoms with van der Waals surface area (Å²) in [7, 11) is 0. The van der Waals surface area contributed by atoms with Crippen LogP contribution in [-0.2, 0) is 0 Å². The van der Waals surface area contributed by atoms with Crippen molar-refractivity contribution in [3.63, 3.8) is 0 Å². The van der Waals surface area contributed by atoms with Gasteiger partial charge in [-0.15, -0.1) is 0 Å². The highest BCUT2D eigenvalue weighted by atomic mass is 15.0. The second-order valence-electron chi connectivity index (χ2n) is 16.7. The third-order valence-electron chi connectivity index (χ3n) is 12.4. The Kier molecular flexibility index (Phi) is 10.1. The molecule has 67 heavy (non-hydrogen) atoms. The third-order valence-corrected chi connectivity index (χ3v) is 12.4. The highest BCUT2D eigenvalue weighted by molar-refractivity contribution is 6.12. The van der Waals surface area contributed by atoms with E-state index in [9.17, 15) is 0 Å². The second kappa shape index (κ2) is 17.1. The van der Waals surface area contributed by atoms with E-state index in [-0.39, 0.29) is 0 Å². The third kappa shape index (κ3) is 7.64. The van der Waals surface area contributed by atoms with Gasteiger partial charge < -0.3 is 4.57 Å². The summed E-state index contributed by atoms with van der Waals surface area (Å²) in [5.74, 6) is 1.26. The van der Waals surface area contributed by atoms with Gasteiger partial charge in [-0.05, 0) is 76.9 Å². The number of hydrogen-bond acceptors (Lipinski definition) is 4. The van der Waals surface area contributed by atoms with Crippen LogP contribution in [0.3, 0.4) is 0 Å². The van der Waals surface area contributed by atoms with Crippen LogP contribution in [0.15, 0.2) is 249 Å². The Labute approximate surface area is 389 Å². The molecule has 12 rings (SSSR count). The summed E-state index contributed by atoms with van der Waals surface area (Å²) in [6.45, 7) is 0. The lowest BCUT2D eigenvalue weighted by Crippen LogP contribution is -2.02. The minimum atomic E-state index is 0.621. The molecule has 0 atom stereocenters. The molecule has 0 aliphatic carbocycles. The van der Waals surface area contributed by atoms with Gasteiger partial charge in [0.1, 0.15) is 0 Å². The van der Waals surface area contributed by atoms with Gasteiger partial charge in [0.15, 0.2) is 11.6 Å². The molecule has 0 aliphatic heterocycles. The molecule has 12 aromatic rings. The highest BCUT2D eigenvalue weighted by Gasteiger charge is 2.22. The maximum absolute atomic E-state index is 5.44. The monoisotopic (exact) mass is 855 g/mol. The molecule has 9 aromatic carbocycles. The average molecular weight is 856 g/mol. The highest BCUT2D eigenvalue weighted by Crippen LogP contribution is 2.42. The van der Waals surface area contributed by atoms with E-state index in [2.05, 4.69) is 193 Å². The number of nitrogens with zero attached hydrogens (tertiary/aromatic N) is 5. The predicted octanol–water partition coefficient (Wildman–Crippen LogP) is 15.7. The summed E-state index contributed by atoms with van der Waals surface area (Å²) in [6, 6.07) is 86.9. The van der Waals surface area contributed by atoms with Crippen molar-refractivity contribution in [3.05, 3.63) is 249 Å². The van der Waals surface area contributed by atoms with Crippen molar-refractivity contribution in [1.82, 2.24) is 24.5 Å². The Morgan fingerprint density at radius 3 is 1.01 bits per heavy atom. The van der Waals surface area contributed by atoms with Crippen LogP contribution >= 0.6 is 0 Å². The zero-order chi connectivity index (χ0) is 44.5. The molecule has 0 saturated heterocycles. The van der Waals surface area contributed by atoms with E-state index in [1.807, 2.05) is 60.7 Å². The van der Waals surface area contributed by atoms with Crippen LogP contribution in [0.5, 0.6) is 0 Å². The molecular formula is C62H41N5. The fraction of sp³-hybridized carbons (Fsp3) is 0. The number of fused-ring (bicyclic) bond motifs is 3. The first-order valence-electron chi connectivity index (χ1n) is 22.5. The fourth-order valence-corrected chi connectivity index (χ4v) is 9.13. The molecule has 0 spiro atoms. The minimum Gasteiger partial charge on any atom is -0.309 e. The summed E-state index contributed by atoms with van der Waals surface area (Å²) in [6.07, 6.45) is 0. The first-order valence-corrected chi connectivity index (χ1v) is 22.5. The first kappa shape index (κ1) is 39.5. The maximum Gasteiger partial charge on any atom is 0.160 e. The van der Waals surface area contributed by atoms with E-state index in [4.69, 9.17) is 19.9 Å². The van der Waals surface area contributed by atoms with Gasteiger partial charge in [0.05, 0.1) is 39.5 Å². The van der Waals surface area contributed by atoms with Gasteiger partial charge in [0, 0.05) is 44.2 Å². The molecule has 0 bridgehead atoms. The Hall–Kier alpha value is -9.06. The fourth-order valence-electron chi connectivity index (χ4n) is 9.13. The number of hydrogen-bond donors (Lipinski definition) is 0. The van der Waals surface area contributed by atoms with Gasteiger partial charge in [-0.2, -0.15) is 0 Å². The SMILES string of the molecule is c1ccc(-c2ccc3c(c2)c2cc(-c4ccccc4)ccc2n3-c2ccc(-c3nc(-c4ccccc4)cc(-c4ccccc4)n3)cc2-c2cc(-c3ccccc3)nc(-c3ccccc3)n2)cc1. The van der Waals surface area contributed by atoms with E-state index in [1.54, 1.807) is 0 Å². The molecule has 314 valence electrons. The van der Waals surface area contributed by atoms with E-state index >= 15 is 0 Å². The van der Waals surface area contributed by atoms with E-state index in [0.717, 1.165) is 94.8 Å². The van der Waals surface area contributed by atoms with Gasteiger partial charge in [-0.25, -0.2) is 19.9 Å². The van der Waals surface area contributed by atoms with E-state index < -0.39 is 0 Å². The Morgan fingerprint density at radius 2 is 0.582 bits per heavy atom. The lowest BCUT2D eigenvalue weighted by molar-refractivity contribution is 1.14. The van der Waals surface area contributed by atoms with Crippen LogP contribution in [0.25, 0.3) is 118 Å². The van der Waals surface area contributed by atoms with Crippen LogP contribution in [0.2, 0.25) is 0 Å². The molecule has 0 fully saturated rings. The van der Waals surface area contributed by atoms with Crippen molar-refractivity contribution in [2.45, 2.75) is 0 Å². The zero-order valence-electron chi connectivity index (χ0n) is 36.4. The topological polar surface area (TPSA) is 56.5 Å². The molecule has 5 heteroatoms. The number of benzene rings is 9. The van der Waals surface area contributed by atoms with Gasteiger partial charge in [0.2, 0.25) is 0 Å². The standard InChI is InChI=1S/C62H41N5/c1-7-19-42(20-8-1)48-31-34-58-51(37-48)52-38-49(43-21-9-2-10-22-43)32-35-59(52)67(58)60-36-33-50(62-64-54(44-23-11-3-12-24-44)40-55(65-62)45-25-13-4-14-26-45)39-53(60)57-41-56(46-27-15-5-16-28-46)63-61(66-57)47-29-17-6-18-30-47/h1-41H. The minimum absolute atomic E-state index is 0.621. The van der Waals surface area contributed by atoms with Crippen LogP contribution in [-0.4, -0.2) is 24.5 Å². The van der Waals surface area contributed by atoms with Crippen LogP contribution in [0, 0.1) is 0 Å². The molecule has 0 amide bonds. The second-order valence-corrected chi connectivity index (χ2v) is 16.7. The Balaban J connectivity index is 1.15. The summed E-state index contributed by atoms with van der Waals surface area (Å²) in [5, 5.41) is 2.32. The molecule has 3 heterocycles. The van der Waals surface area contributed by atoms with Gasteiger partial charge in [-0.1, -0.05) is 194 Å². The first-order chi connectivity index (χ1) is 33.2. The van der Waals surface area contributed by atoms with Crippen LogP contribution < -0.4 is 0 Å². The van der Waals surface area contributed by atoms with E-state index in [1.165, 1.54) is 11.1 Å². The smallest absolute Gasteiger partial charge is 0.160 e. The molecule has 0 saturated carbocycles. The van der Waals surface area contributed by atoms with Crippen molar-refractivity contribution < 1.29 is 0 Å². The molecule has 0 unspecified atom stereocenters. The molecule has 0 N–H and O–H groups in total. The number of rotatable bonds is 9. The molecule has 5 nitrogen and oxygen atoms in total. The van der Waals surface area contributed by atoms with Gasteiger partial charge in [-0.3, -0.25) is 0 Å². The van der Waals surface area contributed by atoms with Crippen molar-refractivity contribution in [2.75, 3.05) is 0 Å². The van der Waals surface area contributed by atoms with Crippen LogP contribution in [0.4, 0.5) is 0 Å². The molecular weight excluding hydrogens is 815 g/mol. The molecule has 0 aliphatic rings. The van der Waals surface area contributed by atoms with Crippen molar-refractivity contribution in [3.8, 4) is 95.7 Å². The zero-order valence-corrected chi connectivity index (χ0v) is 36.4.